The number of ether oxygens (including phenoxy) is 1. The van der Waals surface area contributed by atoms with Gasteiger partial charge in [-0.2, -0.15) is 19.0 Å². The third-order valence-corrected chi connectivity index (χ3v) is 7.36. The van der Waals surface area contributed by atoms with Crippen LogP contribution in [0.15, 0.2) is 83.6 Å². The molecule has 9 nitrogen and oxygen atoms in total. The summed E-state index contributed by atoms with van der Waals surface area (Å²) in [6, 6.07) is 12.9. The van der Waals surface area contributed by atoms with Crippen LogP contribution in [0.25, 0.3) is 22.4 Å². The van der Waals surface area contributed by atoms with E-state index in [1.807, 2.05) is 6.07 Å². The zero-order valence-electron chi connectivity index (χ0n) is 19.0. The number of rotatable bonds is 7. The number of pyridine rings is 3. The summed E-state index contributed by atoms with van der Waals surface area (Å²) < 4.78 is 61.5. The van der Waals surface area contributed by atoms with Gasteiger partial charge in [0.05, 0.1) is 27.9 Å². The van der Waals surface area contributed by atoms with Crippen LogP contribution in [0.5, 0.6) is 11.5 Å². The number of nitrogens with one attached hydrogen (secondary N) is 1. The zero-order chi connectivity index (χ0) is 26.7. The highest BCUT2D eigenvalue weighted by Crippen LogP contribution is 2.37. The Morgan fingerprint density at radius 1 is 0.947 bits per heavy atom. The highest BCUT2D eigenvalue weighted by atomic mass is 32.2. The molecule has 38 heavy (non-hydrogen) atoms. The molecular weight excluding hydrogens is 534 g/mol. The molecule has 0 amide bonds. The van der Waals surface area contributed by atoms with Crippen molar-refractivity contribution in [2.45, 2.75) is 4.90 Å². The monoisotopic (exact) mass is 548 g/mol. The number of hydrogen-bond acceptors (Lipinski definition) is 9. The second-order valence-corrected chi connectivity index (χ2v) is 10.2. The molecule has 5 rings (SSSR count). The quantitative estimate of drug-likeness (QED) is 0.267. The number of nitrogens with zero attached hydrogens (tertiary/aromatic N) is 5. The lowest BCUT2D eigenvalue weighted by atomic mass is 10.0. The van der Waals surface area contributed by atoms with Gasteiger partial charge in [0.1, 0.15) is 11.8 Å². The Balaban J connectivity index is 1.54. The highest BCUT2D eigenvalue weighted by Gasteiger charge is 2.20. The summed E-state index contributed by atoms with van der Waals surface area (Å²) in [5, 5.41) is 11.5. The van der Waals surface area contributed by atoms with Gasteiger partial charge >= 0.3 is 0 Å². The summed E-state index contributed by atoms with van der Waals surface area (Å²) >= 11 is 1.11. The van der Waals surface area contributed by atoms with E-state index < -0.39 is 21.9 Å². The van der Waals surface area contributed by atoms with Crippen LogP contribution in [0.2, 0.25) is 0 Å². The third-order valence-electron chi connectivity index (χ3n) is 5.21. The molecule has 4 heterocycles. The van der Waals surface area contributed by atoms with E-state index in [1.54, 1.807) is 29.9 Å². The first-order valence-electron chi connectivity index (χ1n) is 10.7. The van der Waals surface area contributed by atoms with E-state index in [2.05, 4.69) is 24.7 Å². The van der Waals surface area contributed by atoms with Crippen molar-refractivity contribution in [3.63, 3.8) is 0 Å². The van der Waals surface area contributed by atoms with Gasteiger partial charge in [-0.3, -0.25) is 14.7 Å². The predicted molar refractivity (Wildman–Crippen MR) is 135 cm³/mol. The summed E-state index contributed by atoms with van der Waals surface area (Å²) in [5.41, 5.74) is 1.20. The van der Waals surface area contributed by atoms with Crippen molar-refractivity contribution in [2.24, 2.45) is 0 Å². The van der Waals surface area contributed by atoms with Gasteiger partial charge in [-0.1, -0.05) is 0 Å². The minimum atomic E-state index is -4.00. The van der Waals surface area contributed by atoms with Gasteiger partial charge in [0.25, 0.3) is 10.0 Å². The Kier molecular flexibility index (Phi) is 6.73. The van der Waals surface area contributed by atoms with Crippen molar-refractivity contribution in [3.05, 3.63) is 96.2 Å². The first-order valence-corrected chi connectivity index (χ1v) is 13.1. The molecule has 0 bridgehead atoms. The highest BCUT2D eigenvalue weighted by molar-refractivity contribution is 7.93. The van der Waals surface area contributed by atoms with Crippen molar-refractivity contribution in [3.8, 4) is 40.0 Å². The molecule has 4 aromatic heterocycles. The molecule has 0 atom stereocenters. The first-order chi connectivity index (χ1) is 18.3. The maximum Gasteiger partial charge on any atom is 0.263 e. The standard InChI is InChI=1S/C25H14F2N6O3S2/c26-23-4-2-18(24(27)32-23)20-12-19(15-5-7-29-8-6-15)22(14-31-20)36-21-3-1-17(11-16(21)13-28)38(34,35)33-25-30-9-10-37-25/h1-12,14H,(H,30,33). The van der Waals surface area contributed by atoms with Gasteiger partial charge in [-0.25, -0.2) is 13.4 Å². The molecule has 0 aliphatic heterocycles. The summed E-state index contributed by atoms with van der Waals surface area (Å²) in [7, 11) is -4.00. The largest absolute Gasteiger partial charge is 0.454 e. The van der Waals surface area contributed by atoms with Gasteiger partial charge in [-0.15, -0.1) is 11.3 Å². The summed E-state index contributed by atoms with van der Waals surface area (Å²) in [5.74, 6) is -1.72. The fourth-order valence-corrected chi connectivity index (χ4v) is 5.27. The Morgan fingerprint density at radius 2 is 1.76 bits per heavy atom. The minimum absolute atomic E-state index is 0.0201. The Bertz CT molecular complexity index is 1780. The summed E-state index contributed by atoms with van der Waals surface area (Å²) in [6.45, 7) is 0. The van der Waals surface area contributed by atoms with E-state index in [0.717, 1.165) is 17.4 Å². The molecule has 1 N–H and O–H groups in total. The van der Waals surface area contributed by atoms with E-state index in [9.17, 15) is 22.5 Å². The SMILES string of the molecule is N#Cc1cc(S(=O)(=O)Nc2nccs2)ccc1Oc1cnc(-c2ccc(F)nc2F)cc1-c1ccncc1. The van der Waals surface area contributed by atoms with Crippen LogP contribution in [-0.4, -0.2) is 28.4 Å². The lowest BCUT2D eigenvalue weighted by Gasteiger charge is -2.14. The number of halogens is 2. The number of hydrogen-bond donors (Lipinski definition) is 1. The van der Waals surface area contributed by atoms with Crippen molar-refractivity contribution < 1.29 is 21.9 Å². The number of benzene rings is 1. The zero-order valence-corrected chi connectivity index (χ0v) is 20.7. The van der Waals surface area contributed by atoms with Crippen molar-refractivity contribution in [2.75, 3.05) is 4.72 Å². The number of aromatic nitrogens is 4. The van der Waals surface area contributed by atoms with Crippen molar-refractivity contribution in [1.29, 1.82) is 5.26 Å². The minimum Gasteiger partial charge on any atom is -0.454 e. The third kappa shape index (κ3) is 5.17. The first kappa shape index (κ1) is 24.9. The number of thiazole rings is 1. The maximum absolute atomic E-state index is 14.3. The fourth-order valence-electron chi connectivity index (χ4n) is 3.45. The van der Waals surface area contributed by atoms with Gasteiger partial charge in [-0.05, 0) is 54.1 Å². The van der Waals surface area contributed by atoms with Crippen LogP contribution in [0.3, 0.4) is 0 Å². The van der Waals surface area contributed by atoms with E-state index in [1.165, 1.54) is 42.7 Å². The van der Waals surface area contributed by atoms with Crippen molar-refractivity contribution >= 4 is 26.5 Å². The fraction of sp³-hybridized carbons (Fsp3) is 0. The molecule has 0 saturated heterocycles. The molecule has 188 valence electrons. The summed E-state index contributed by atoms with van der Waals surface area (Å²) in [6.07, 6.45) is 5.88. The number of sulfonamides is 1. The topological polar surface area (TPSA) is 131 Å². The molecule has 13 heteroatoms. The van der Waals surface area contributed by atoms with E-state index >= 15 is 0 Å². The second-order valence-electron chi connectivity index (χ2n) is 7.59. The van der Waals surface area contributed by atoms with Crippen LogP contribution >= 0.6 is 11.3 Å². The Hall–Kier alpha value is -4.80. The molecule has 5 aromatic rings. The lowest BCUT2D eigenvalue weighted by Crippen LogP contribution is -2.13. The molecule has 0 radical (unpaired) electrons. The van der Waals surface area contributed by atoms with E-state index in [-0.39, 0.29) is 38.3 Å². The van der Waals surface area contributed by atoms with E-state index in [4.69, 9.17) is 4.74 Å². The van der Waals surface area contributed by atoms with Crippen LogP contribution < -0.4 is 9.46 Å². The van der Waals surface area contributed by atoms with Crippen LogP contribution in [0.4, 0.5) is 13.9 Å². The smallest absolute Gasteiger partial charge is 0.263 e. The van der Waals surface area contributed by atoms with Crippen molar-refractivity contribution in [1.82, 2.24) is 19.9 Å². The van der Waals surface area contributed by atoms with Gasteiger partial charge < -0.3 is 4.74 Å². The molecule has 0 aliphatic carbocycles. The van der Waals surface area contributed by atoms with Gasteiger partial charge in [0.2, 0.25) is 11.9 Å². The van der Waals surface area contributed by atoms with Gasteiger partial charge in [0, 0.05) is 29.5 Å². The number of nitriles is 1. The number of anilines is 1. The molecule has 1 aromatic carbocycles. The molecule has 0 unspecified atom stereocenters. The maximum atomic E-state index is 14.3. The second kappa shape index (κ2) is 10.3. The molecule has 0 saturated carbocycles. The van der Waals surface area contributed by atoms with Crippen LogP contribution in [0.1, 0.15) is 5.56 Å². The molecule has 0 fully saturated rings. The van der Waals surface area contributed by atoms with Crippen LogP contribution in [-0.2, 0) is 10.0 Å². The predicted octanol–water partition coefficient (Wildman–Crippen LogP) is 5.41. The van der Waals surface area contributed by atoms with Crippen LogP contribution in [0, 0.1) is 23.2 Å². The summed E-state index contributed by atoms with van der Waals surface area (Å²) in [4.78, 5) is 15.2. The molecule has 0 spiro atoms. The Morgan fingerprint density at radius 3 is 2.47 bits per heavy atom. The Labute approximate surface area is 219 Å². The molecule has 0 aliphatic rings. The normalized spacial score (nSPS) is 11.1. The average Bonchev–Trinajstić information content (AvgIpc) is 3.42. The molecular formula is C25H14F2N6O3S2. The van der Waals surface area contributed by atoms with Gasteiger partial charge in [0.15, 0.2) is 10.9 Å². The lowest BCUT2D eigenvalue weighted by molar-refractivity contribution is 0.480. The van der Waals surface area contributed by atoms with E-state index in [0.29, 0.717) is 11.1 Å². The average molecular weight is 549 g/mol.